The lowest BCUT2D eigenvalue weighted by Crippen LogP contribution is -2.56. The smallest absolute Gasteiger partial charge is 0.327 e. The van der Waals surface area contributed by atoms with Crippen molar-refractivity contribution >= 4 is 29.6 Å². The third-order valence-corrected chi connectivity index (χ3v) is 6.46. The highest BCUT2D eigenvalue weighted by atomic mass is 32.2. The van der Waals surface area contributed by atoms with Crippen LogP contribution in [0.25, 0.3) is 0 Å². The van der Waals surface area contributed by atoms with E-state index in [-0.39, 0.29) is 17.8 Å². The number of amides is 4. The highest BCUT2D eigenvalue weighted by Crippen LogP contribution is 2.35. The molecule has 0 unspecified atom stereocenters. The normalized spacial score (nSPS) is 19.5. The summed E-state index contributed by atoms with van der Waals surface area (Å²) < 4.78 is 0. The quantitative estimate of drug-likeness (QED) is 0.585. The molecule has 2 aliphatic heterocycles. The molecule has 7 heteroatoms. The van der Waals surface area contributed by atoms with E-state index in [1.165, 1.54) is 17.5 Å². The summed E-state index contributed by atoms with van der Waals surface area (Å²) in [5, 5.41) is 0. The van der Waals surface area contributed by atoms with Crippen LogP contribution in [0.3, 0.4) is 0 Å². The molecular weight excluding hydrogens is 350 g/mol. The van der Waals surface area contributed by atoms with Crippen molar-refractivity contribution in [3.63, 3.8) is 0 Å². The molecule has 1 aromatic carbocycles. The number of thioether (sulfide) groups is 1. The monoisotopic (exact) mass is 375 g/mol. The topological polar surface area (TPSA) is 60.9 Å². The number of imide groups is 1. The first-order valence-electron chi connectivity index (χ1n) is 8.91. The third kappa shape index (κ3) is 3.45. The molecule has 3 rings (SSSR count). The van der Waals surface area contributed by atoms with Gasteiger partial charge >= 0.3 is 6.03 Å². The molecule has 0 aliphatic carbocycles. The van der Waals surface area contributed by atoms with Crippen LogP contribution in [0.1, 0.15) is 24.8 Å². The fourth-order valence-corrected chi connectivity index (χ4v) is 4.60. The standard InChI is InChI=1S/C19H25N3O3S/c1-20-17(24)19(21(2)18(20)25)9-11-22(12-10-19)16(23)8-13-26-14-15-6-4-3-5-7-15/h3-7H,8-14H2,1-2H3. The number of carbonyl (C=O) groups is 3. The Morgan fingerprint density at radius 2 is 1.77 bits per heavy atom. The molecule has 1 aromatic rings. The first kappa shape index (κ1) is 18.8. The number of urea groups is 1. The average Bonchev–Trinajstić information content (AvgIpc) is 2.83. The SMILES string of the molecule is CN1C(=O)N(C)C2(CCN(C(=O)CCSCc3ccccc3)CC2)C1=O. The fourth-order valence-electron chi connectivity index (χ4n) is 3.71. The summed E-state index contributed by atoms with van der Waals surface area (Å²) in [4.78, 5) is 41.5. The van der Waals surface area contributed by atoms with Gasteiger partial charge in [0.1, 0.15) is 5.54 Å². The molecule has 2 heterocycles. The molecule has 0 aromatic heterocycles. The van der Waals surface area contributed by atoms with Gasteiger partial charge in [-0.05, 0) is 18.4 Å². The molecule has 0 atom stereocenters. The summed E-state index contributed by atoms with van der Waals surface area (Å²) in [6.45, 7) is 1.05. The Labute approximate surface area is 158 Å². The van der Waals surface area contributed by atoms with Crippen molar-refractivity contribution in [1.29, 1.82) is 0 Å². The number of hydrogen-bond donors (Lipinski definition) is 0. The van der Waals surface area contributed by atoms with Crippen LogP contribution in [0, 0.1) is 0 Å². The molecular formula is C19H25N3O3S. The van der Waals surface area contributed by atoms with E-state index in [4.69, 9.17) is 0 Å². The molecule has 0 bridgehead atoms. The van der Waals surface area contributed by atoms with Crippen molar-refractivity contribution in [1.82, 2.24) is 14.7 Å². The van der Waals surface area contributed by atoms with Crippen LogP contribution in [-0.4, -0.2) is 71.0 Å². The van der Waals surface area contributed by atoms with E-state index in [9.17, 15) is 14.4 Å². The second-order valence-electron chi connectivity index (χ2n) is 6.91. The number of nitrogens with zero attached hydrogens (tertiary/aromatic N) is 3. The van der Waals surface area contributed by atoms with E-state index in [1.54, 1.807) is 23.7 Å². The Balaban J connectivity index is 1.45. The van der Waals surface area contributed by atoms with E-state index < -0.39 is 5.54 Å². The third-order valence-electron chi connectivity index (χ3n) is 5.43. The van der Waals surface area contributed by atoms with Crippen LogP contribution < -0.4 is 0 Å². The van der Waals surface area contributed by atoms with Gasteiger partial charge in [-0.3, -0.25) is 14.5 Å². The van der Waals surface area contributed by atoms with Gasteiger partial charge in [-0.15, -0.1) is 0 Å². The Morgan fingerprint density at radius 1 is 1.12 bits per heavy atom. The second-order valence-corrected chi connectivity index (χ2v) is 8.01. The van der Waals surface area contributed by atoms with Gasteiger partial charge in [0.2, 0.25) is 5.91 Å². The lowest BCUT2D eigenvalue weighted by Gasteiger charge is -2.40. The Kier molecular flexibility index (Phi) is 5.55. The van der Waals surface area contributed by atoms with Crippen LogP contribution in [0.15, 0.2) is 30.3 Å². The van der Waals surface area contributed by atoms with Crippen LogP contribution >= 0.6 is 11.8 Å². The molecule has 26 heavy (non-hydrogen) atoms. The van der Waals surface area contributed by atoms with Gasteiger partial charge in [0.05, 0.1) is 0 Å². The van der Waals surface area contributed by atoms with Gasteiger partial charge in [-0.2, -0.15) is 11.8 Å². The predicted octanol–water partition coefficient (Wildman–Crippen LogP) is 2.19. The lowest BCUT2D eigenvalue weighted by molar-refractivity contribution is -0.139. The number of hydrogen-bond acceptors (Lipinski definition) is 4. The minimum Gasteiger partial charge on any atom is -0.342 e. The summed E-state index contributed by atoms with van der Waals surface area (Å²) in [6.07, 6.45) is 1.54. The first-order valence-corrected chi connectivity index (χ1v) is 10.1. The second kappa shape index (κ2) is 7.70. The van der Waals surface area contributed by atoms with Crippen LogP contribution in [0.5, 0.6) is 0 Å². The van der Waals surface area contributed by atoms with Gasteiger partial charge < -0.3 is 9.80 Å². The maximum absolute atomic E-state index is 12.5. The van der Waals surface area contributed by atoms with Gasteiger partial charge in [0, 0.05) is 45.1 Å². The first-order chi connectivity index (χ1) is 12.5. The molecule has 2 fully saturated rings. The summed E-state index contributed by atoms with van der Waals surface area (Å²) in [5.74, 6) is 1.68. The minimum atomic E-state index is -0.759. The van der Waals surface area contributed by atoms with Crippen molar-refractivity contribution in [2.24, 2.45) is 0 Å². The zero-order valence-corrected chi connectivity index (χ0v) is 16.1. The fraction of sp³-hybridized carbons (Fsp3) is 0.526. The number of likely N-dealkylation sites (tertiary alicyclic amines) is 1. The van der Waals surface area contributed by atoms with E-state index in [2.05, 4.69) is 12.1 Å². The van der Waals surface area contributed by atoms with Crippen molar-refractivity contribution in [2.45, 2.75) is 30.6 Å². The molecule has 0 radical (unpaired) electrons. The molecule has 0 N–H and O–H groups in total. The van der Waals surface area contributed by atoms with E-state index in [0.29, 0.717) is 32.4 Å². The van der Waals surface area contributed by atoms with Crippen LogP contribution in [0.2, 0.25) is 0 Å². The molecule has 4 amide bonds. The molecule has 0 saturated carbocycles. The Morgan fingerprint density at radius 3 is 2.35 bits per heavy atom. The zero-order valence-electron chi connectivity index (χ0n) is 15.3. The molecule has 2 aliphatic rings. The largest absolute Gasteiger partial charge is 0.342 e. The van der Waals surface area contributed by atoms with E-state index in [0.717, 1.165) is 11.5 Å². The summed E-state index contributed by atoms with van der Waals surface area (Å²) in [6, 6.07) is 9.96. The van der Waals surface area contributed by atoms with E-state index in [1.807, 2.05) is 23.1 Å². The lowest BCUT2D eigenvalue weighted by atomic mass is 9.86. The number of piperidine rings is 1. The number of rotatable bonds is 5. The van der Waals surface area contributed by atoms with E-state index >= 15 is 0 Å². The van der Waals surface area contributed by atoms with Gasteiger partial charge in [0.15, 0.2) is 0 Å². The van der Waals surface area contributed by atoms with Gasteiger partial charge in [-0.1, -0.05) is 30.3 Å². The average molecular weight is 375 g/mol. The molecule has 140 valence electrons. The predicted molar refractivity (Wildman–Crippen MR) is 102 cm³/mol. The van der Waals surface area contributed by atoms with Crippen LogP contribution in [-0.2, 0) is 15.3 Å². The summed E-state index contributed by atoms with van der Waals surface area (Å²) in [5.41, 5.74) is 0.506. The maximum atomic E-state index is 12.5. The van der Waals surface area contributed by atoms with Crippen molar-refractivity contribution < 1.29 is 14.4 Å². The molecule has 1 spiro atoms. The summed E-state index contributed by atoms with van der Waals surface area (Å²) >= 11 is 1.76. The highest BCUT2D eigenvalue weighted by molar-refractivity contribution is 7.98. The van der Waals surface area contributed by atoms with Gasteiger partial charge in [0.25, 0.3) is 5.91 Å². The highest BCUT2D eigenvalue weighted by Gasteiger charge is 2.55. The number of likely N-dealkylation sites (N-methyl/N-ethyl adjacent to an activating group) is 2. The maximum Gasteiger partial charge on any atom is 0.327 e. The van der Waals surface area contributed by atoms with Crippen LogP contribution in [0.4, 0.5) is 4.79 Å². The Hall–Kier alpha value is -2.02. The summed E-state index contributed by atoms with van der Waals surface area (Å²) in [7, 11) is 3.21. The molecule has 2 saturated heterocycles. The van der Waals surface area contributed by atoms with Gasteiger partial charge in [-0.25, -0.2) is 4.79 Å². The Bertz CT molecular complexity index is 687. The van der Waals surface area contributed by atoms with Crippen molar-refractivity contribution in [3.05, 3.63) is 35.9 Å². The molecule has 6 nitrogen and oxygen atoms in total. The van der Waals surface area contributed by atoms with Crippen molar-refractivity contribution in [2.75, 3.05) is 32.9 Å². The van der Waals surface area contributed by atoms with Crippen molar-refractivity contribution in [3.8, 4) is 0 Å². The number of carbonyl (C=O) groups excluding carboxylic acids is 3. The minimum absolute atomic E-state index is 0.133. The zero-order chi connectivity index (χ0) is 18.7. The number of benzene rings is 1.